The fourth-order valence-electron chi connectivity index (χ4n) is 2.02. The summed E-state index contributed by atoms with van der Waals surface area (Å²) < 4.78 is 6.20. The largest absolute Gasteiger partial charge is 0.489 e. The maximum absolute atomic E-state index is 6.20. The standard InChI is InChI=1S/C14H21NOS/c1-15-10-9-12(11-7-8-11)16-13-5-3-4-6-14(13)17-2/h3-6,11-12,15H,7-10H2,1-2H3. The normalized spacial score (nSPS) is 16.8. The number of hydrogen-bond acceptors (Lipinski definition) is 3. The van der Waals surface area contributed by atoms with E-state index >= 15 is 0 Å². The number of nitrogens with one attached hydrogen (secondary N) is 1. The Balaban J connectivity index is 2.00. The van der Waals surface area contributed by atoms with Crippen LogP contribution in [0.15, 0.2) is 29.2 Å². The molecule has 2 rings (SSSR count). The molecule has 0 amide bonds. The van der Waals surface area contributed by atoms with Gasteiger partial charge < -0.3 is 10.1 Å². The van der Waals surface area contributed by atoms with Crippen LogP contribution < -0.4 is 10.1 Å². The Hall–Kier alpha value is -0.670. The quantitative estimate of drug-likeness (QED) is 0.752. The van der Waals surface area contributed by atoms with Crippen molar-refractivity contribution in [2.24, 2.45) is 5.92 Å². The number of hydrogen-bond donors (Lipinski definition) is 1. The molecule has 0 saturated heterocycles. The molecule has 1 aliphatic rings. The Labute approximate surface area is 108 Å². The topological polar surface area (TPSA) is 21.3 Å². The van der Waals surface area contributed by atoms with E-state index in [1.165, 1.54) is 17.7 Å². The van der Waals surface area contributed by atoms with Crippen LogP contribution in [-0.4, -0.2) is 26.0 Å². The highest BCUT2D eigenvalue weighted by molar-refractivity contribution is 7.98. The molecule has 1 N–H and O–H groups in total. The summed E-state index contributed by atoms with van der Waals surface area (Å²) in [5.74, 6) is 1.83. The fraction of sp³-hybridized carbons (Fsp3) is 0.571. The molecule has 17 heavy (non-hydrogen) atoms. The highest BCUT2D eigenvalue weighted by Crippen LogP contribution is 2.38. The molecule has 0 radical (unpaired) electrons. The van der Waals surface area contributed by atoms with Gasteiger partial charge in [-0.25, -0.2) is 0 Å². The minimum absolute atomic E-state index is 0.385. The molecule has 1 atom stereocenters. The van der Waals surface area contributed by atoms with E-state index in [-0.39, 0.29) is 0 Å². The van der Waals surface area contributed by atoms with Crippen LogP contribution in [0.4, 0.5) is 0 Å². The minimum atomic E-state index is 0.385. The average molecular weight is 251 g/mol. The van der Waals surface area contributed by atoms with E-state index in [2.05, 4.69) is 35.8 Å². The number of benzene rings is 1. The number of rotatable bonds is 7. The van der Waals surface area contributed by atoms with E-state index in [1.54, 1.807) is 11.8 Å². The summed E-state index contributed by atoms with van der Waals surface area (Å²) in [4.78, 5) is 1.24. The zero-order valence-corrected chi connectivity index (χ0v) is 11.4. The third-order valence-corrected chi connectivity index (χ3v) is 3.95. The van der Waals surface area contributed by atoms with E-state index in [1.807, 2.05) is 7.05 Å². The Morgan fingerprint density at radius 2 is 2.18 bits per heavy atom. The summed E-state index contributed by atoms with van der Waals surface area (Å²) in [5.41, 5.74) is 0. The predicted octanol–water partition coefficient (Wildman–Crippen LogP) is 3.18. The van der Waals surface area contributed by atoms with Crippen molar-refractivity contribution >= 4 is 11.8 Å². The lowest BCUT2D eigenvalue weighted by Gasteiger charge is -2.20. The first-order valence-corrected chi connectivity index (χ1v) is 7.52. The van der Waals surface area contributed by atoms with Crippen LogP contribution in [0.3, 0.4) is 0 Å². The van der Waals surface area contributed by atoms with E-state index in [0.29, 0.717) is 6.10 Å². The van der Waals surface area contributed by atoms with Gasteiger partial charge >= 0.3 is 0 Å². The van der Waals surface area contributed by atoms with Gasteiger partial charge in [0, 0.05) is 4.90 Å². The third kappa shape index (κ3) is 3.65. The molecule has 1 aliphatic carbocycles. The number of thioether (sulfide) groups is 1. The molecular weight excluding hydrogens is 230 g/mol. The molecule has 0 aromatic heterocycles. The Kier molecular flexibility index (Phi) is 4.75. The molecule has 0 bridgehead atoms. The maximum Gasteiger partial charge on any atom is 0.133 e. The van der Waals surface area contributed by atoms with Crippen LogP contribution >= 0.6 is 11.8 Å². The number of ether oxygens (including phenoxy) is 1. The van der Waals surface area contributed by atoms with Crippen LogP contribution in [0, 0.1) is 5.92 Å². The lowest BCUT2D eigenvalue weighted by Crippen LogP contribution is -2.24. The van der Waals surface area contributed by atoms with E-state index in [9.17, 15) is 0 Å². The van der Waals surface area contributed by atoms with Gasteiger partial charge in [0.1, 0.15) is 11.9 Å². The lowest BCUT2D eigenvalue weighted by atomic mass is 10.1. The van der Waals surface area contributed by atoms with Gasteiger partial charge in [0.15, 0.2) is 0 Å². The monoisotopic (exact) mass is 251 g/mol. The molecule has 1 aromatic carbocycles. The van der Waals surface area contributed by atoms with Crippen molar-refractivity contribution in [1.29, 1.82) is 0 Å². The van der Waals surface area contributed by atoms with Gasteiger partial charge in [-0.3, -0.25) is 0 Å². The molecule has 94 valence electrons. The SMILES string of the molecule is CNCCC(Oc1ccccc1SC)C1CC1. The van der Waals surface area contributed by atoms with Crippen molar-refractivity contribution in [2.45, 2.75) is 30.3 Å². The van der Waals surface area contributed by atoms with Crippen LogP contribution in [-0.2, 0) is 0 Å². The molecule has 0 spiro atoms. The first-order chi connectivity index (χ1) is 8.35. The fourth-order valence-corrected chi connectivity index (χ4v) is 2.56. The second kappa shape index (κ2) is 6.31. The van der Waals surface area contributed by atoms with Gasteiger partial charge in [-0.15, -0.1) is 11.8 Å². The summed E-state index contributed by atoms with van der Waals surface area (Å²) in [6.07, 6.45) is 6.24. The molecule has 0 aliphatic heterocycles. The predicted molar refractivity (Wildman–Crippen MR) is 73.9 cm³/mol. The van der Waals surface area contributed by atoms with Gasteiger partial charge in [0.2, 0.25) is 0 Å². The Morgan fingerprint density at radius 1 is 1.41 bits per heavy atom. The molecule has 2 nitrogen and oxygen atoms in total. The second-order valence-electron chi connectivity index (χ2n) is 4.54. The highest BCUT2D eigenvalue weighted by Gasteiger charge is 2.32. The van der Waals surface area contributed by atoms with Gasteiger partial charge in [0.05, 0.1) is 0 Å². The summed E-state index contributed by atoms with van der Waals surface area (Å²) >= 11 is 1.75. The van der Waals surface area contributed by atoms with Crippen molar-refractivity contribution in [3.05, 3.63) is 24.3 Å². The molecule has 1 saturated carbocycles. The van der Waals surface area contributed by atoms with Crippen LogP contribution in [0.1, 0.15) is 19.3 Å². The van der Waals surface area contributed by atoms with E-state index < -0.39 is 0 Å². The maximum atomic E-state index is 6.20. The highest BCUT2D eigenvalue weighted by atomic mass is 32.2. The molecular formula is C14H21NOS. The Bertz CT molecular complexity index is 352. The summed E-state index contributed by atoms with van der Waals surface area (Å²) in [6, 6.07) is 8.33. The van der Waals surface area contributed by atoms with Gasteiger partial charge in [0.25, 0.3) is 0 Å². The minimum Gasteiger partial charge on any atom is -0.489 e. The lowest BCUT2D eigenvalue weighted by molar-refractivity contribution is 0.164. The van der Waals surface area contributed by atoms with Crippen LogP contribution in [0.2, 0.25) is 0 Å². The van der Waals surface area contributed by atoms with Gasteiger partial charge in [-0.1, -0.05) is 12.1 Å². The zero-order valence-electron chi connectivity index (χ0n) is 10.6. The first-order valence-electron chi connectivity index (χ1n) is 6.29. The molecule has 0 heterocycles. The van der Waals surface area contributed by atoms with E-state index in [0.717, 1.165) is 24.6 Å². The van der Waals surface area contributed by atoms with Crippen molar-refractivity contribution in [3.63, 3.8) is 0 Å². The van der Waals surface area contributed by atoms with Crippen LogP contribution in [0.5, 0.6) is 5.75 Å². The van der Waals surface area contributed by atoms with Crippen LogP contribution in [0.25, 0.3) is 0 Å². The van der Waals surface area contributed by atoms with Crippen molar-refractivity contribution in [1.82, 2.24) is 5.32 Å². The van der Waals surface area contributed by atoms with Crippen molar-refractivity contribution in [2.75, 3.05) is 19.8 Å². The Morgan fingerprint density at radius 3 is 2.82 bits per heavy atom. The van der Waals surface area contributed by atoms with Crippen molar-refractivity contribution in [3.8, 4) is 5.75 Å². The number of para-hydroxylation sites is 1. The summed E-state index contributed by atoms with van der Waals surface area (Å²) in [6.45, 7) is 1.03. The molecule has 1 fully saturated rings. The molecule has 1 aromatic rings. The third-order valence-electron chi connectivity index (χ3n) is 3.17. The summed E-state index contributed by atoms with van der Waals surface area (Å²) in [7, 11) is 2.00. The second-order valence-corrected chi connectivity index (χ2v) is 5.38. The van der Waals surface area contributed by atoms with Gasteiger partial charge in [-0.05, 0) is 57.2 Å². The van der Waals surface area contributed by atoms with Crippen molar-refractivity contribution < 1.29 is 4.74 Å². The summed E-state index contributed by atoms with van der Waals surface area (Å²) in [5, 5.41) is 3.21. The molecule has 1 unspecified atom stereocenters. The first kappa shape index (κ1) is 12.8. The molecule has 3 heteroatoms. The average Bonchev–Trinajstić information content (AvgIpc) is 3.19. The van der Waals surface area contributed by atoms with Gasteiger partial charge in [-0.2, -0.15) is 0 Å². The van der Waals surface area contributed by atoms with E-state index in [4.69, 9.17) is 4.74 Å². The zero-order chi connectivity index (χ0) is 12.1. The smallest absolute Gasteiger partial charge is 0.133 e.